The van der Waals surface area contributed by atoms with E-state index in [1.165, 1.54) is 26.4 Å². The zero-order valence-electron chi connectivity index (χ0n) is 27.1. The van der Waals surface area contributed by atoms with Crippen LogP contribution in [0.5, 0.6) is 11.5 Å². The van der Waals surface area contributed by atoms with E-state index in [-0.39, 0.29) is 40.8 Å². The Morgan fingerprint density at radius 1 is 1.11 bits per heavy atom. The maximum Gasteiger partial charge on any atom is 0.405 e. The number of amides is 2. The molecule has 11 heteroatoms. The third kappa shape index (κ3) is 9.53. The quantitative estimate of drug-likeness (QED) is 0.127. The van der Waals surface area contributed by atoms with Gasteiger partial charge in [-0.3, -0.25) is 9.79 Å². The first-order valence-corrected chi connectivity index (χ1v) is 15.1. The molecule has 46 heavy (non-hydrogen) atoms. The normalized spacial score (nSPS) is 25.1. The van der Waals surface area contributed by atoms with Crippen LogP contribution in [0.4, 0.5) is 16.2 Å². The first kappa shape index (κ1) is 36.0. The fourth-order valence-corrected chi connectivity index (χ4v) is 5.42. The van der Waals surface area contributed by atoms with E-state index in [9.17, 15) is 24.9 Å². The Bertz CT molecular complexity index is 1480. The second kappa shape index (κ2) is 16.7. The van der Waals surface area contributed by atoms with E-state index >= 15 is 0 Å². The Balaban J connectivity index is 2.13. The van der Waals surface area contributed by atoms with Crippen molar-refractivity contribution in [3.05, 3.63) is 83.0 Å². The monoisotopic (exact) mass is 635 g/mol. The maximum atomic E-state index is 13.1. The van der Waals surface area contributed by atoms with Crippen molar-refractivity contribution in [1.29, 1.82) is 0 Å². The molecule has 1 aliphatic heterocycles. The molecular weight excluding hydrogens is 590 g/mol. The van der Waals surface area contributed by atoms with Crippen molar-refractivity contribution >= 4 is 29.6 Å². The number of anilines is 1. The van der Waals surface area contributed by atoms with Crippen LogP contribution in [0.15, 0.2) is 76.8 Å². The summed E-state index contributed by atoms with van der Waals surface area (Å²) in [6.45, 7) is 7.08. The predicted molar refractivity (Wildman–Crippen MR) is 177 cm³/mol. The fraction of sp³-hybridized carbons (Fsp3) is 0.400. The summed E-state index contributed by atoms with van der Waals surface area (Å²) in [5, 5.41) is 36.5. The Kier molecular flexibility index (Phi) is 13.1. The summed E-state index contributed by atoms with van der Waals surface area (Å²) in [5.74, 6) is -1.60. The van der Waals surface area contributed by atoms with E-state index in [1.54, 1.807) is 38.3 Å². The molecule has 0 aliphatic carbocycles. The minimum atomic E-state index is -0.994. The first-order valence-electron chi connectivity index (χ1n) is 15.1. The number of nitrogens with zero attached hydrogens (tertiary/aromatic N) is 1. The van der Waals surface area contributed by atoms with Crippen LogP contribution in [0, 0.1) is 11.8 Å². The number of ether oxygens (including phenoxy) is 3. The minimum absolute atomic E-state index is 0.0134. The Hall–Kier alpha value is -4.45. The molecule has 0 spiro atoms. The lowest BCUT2D eigenvalue weighted by atomic mass is 9.87. The van der Waals surface area contributed by atoms with Gasteiger partial charge < -0.3 is 40.6 Å². The Morgan fingerprint density at radius 2 is 1.80 bits per heavy atom. The number of aliphatic imine (C=N–C) groups is 1. The van der Waals surface area contributed by atoms with Crippen LogP contribution in [0.25, 0.3) is 0 Å². The molecule has 1 heterocycles. The molecule has 2 bridgehead atoms. The summed E-state index contributed by atoms with van der Waals surface area (Å²) < 4.78 is 16.7. The number of methoxy groups -OCH3 is 2. The van der Waals surface area contributed by atoms with Gasteiger partial charge in [0.05, 0.1) is 17.9 Å². The third-order valence-electron chi connectivity index (χ3n) is 7.94. The van der Waals surface area contributed by atoms with Gasteiger partial charge in [0.15, 0.2) is 6.10 Å². The van der Waals surface area contributed by atoms with E-state index in [1.807, 2.05) is 44.2 Å². The number of benzene rings is 2. The van der Waals surface area contributed by atoms with Gasteiger partial charge in [-0.05, 0) is 43.7 Å². The van der Waals surface area contributed by atoms with Crippen LogP contribution >= 0.6 is 0 Å². The van der Waals surface area contributed by atoms with Crippen molar-refractivity contribution in [3.63, 3.8) is 0 Å². The van der Waals surface area contributed by atoms with Gasteiger partial charge in [0.2, 0.25) is 0 Å². The number of phenolic OH excluding ortho intramolecular Hbond substituents is 2. The van der Waals surface area contributed by atoms with Crippen molar-refractivity contribution in [1.82, 2.24) is 0 Å². The van der Waals surface area contributed by atoms with Crippen LogP contribution < -0.4 is 11.1 Å². The fourth-order valence-electron chi connectivity index (χ4n) is 5.42. The molecule has 1 aliphatic rings. The molecule has 2 amide bonds. The summed E-state index contributed by atoms with van der Waals surface area (Å²) >= 11 is 0. The smallest absolute Gasteiger partial charge is 0.405 e. The number of fused-ring (bicyclic) bond motifs is 2. The Labute approximate surface area is 270 Å². The number of phenols is 2. The number of aromatic hydroxyl groups is 2. The van der Waals surface area contributed by atoms with Gasteiger partial charge in [-0.2, -0.15) is 0 Å². The molecule has 2 aromatic carbocycles. The van der Waals surface area contributed by atoms with Crippen molar-refractivity contribution in [2.75, 3.05) is 19.5 Å². The number of nitrogens with one attached hydrogen (secondary N) is 1. The number of nitrogens with two attached hydrogens (primary N) is 1. The number of carbonyl (C=O) groups excluding carboxylic acids is 2. The summed E-state index contributed by atoms with van der Waals surface area (Å²) in [4.78, 5) is 29.4. The average molecular weight is 636 g/mol. The standard InChI is InChI=1S/C35H45N3O8/c1-20-15-25-30(37-19-24-12-8-7-9-13-24)27(39)18-26(32(25)41)38-34(42)21(2)11-10-14-28(44-5)33(46-35(36)43)23(4)17-22(3)31(40)29(16-20)45-6/h7-14,17-20,22,28-29,31,33,39-41H,15-16H2,1-6H3,(H2,36,43)(H,38,42)/t20-,22+,28+,29+,31-,33+/m1/s1. The highest BCUT2D eigenvalue weighted by molar-refractivity contribution is 6.05. The SMILES string of the molecule is CO[C@H]1C=CC=C(C)C(=O)Nc2cc(O)c(N=Cc3ccccc3)c(c2O)C[C@@H](C)C[C@H](OC)[C@H](O)[C@@H](C)C=C(C)[C@@H]1OC(N)=O. The van der Waals surface area contributed by atoms with Crippen molar-refractivity contribution in [2.45, 2.75) is 65.0 Å². The number of hydrogen-bond donors (Lipinski definition) is 5. The molecule has 0 radical (unpaired) electrons. The molecule has 0 unspecified atom stereocenters. The van der Waals surface area contributed by atoms with Gasteiger partial charge >= 0.3 is 6.09 Å². The number of allylic oxidation sites excluding steroid dienone is 2. The number of primary amides is 1. The molecule has 11 nitrogen and oxygen atoms in total. The van der Waals surface area contributed by atoms with Gasteiger partial charge in [0.1, 0.15) is 23.3 Å². The largest absolute Gasteiger partial charge is 0.506 e. The van der Waals surface area contributed by atoms with Gasteiger partial charge in [-0.1, -0.05) is 68.5 Å². The summed E-state index contributed by atoms with van der Waals surface area (Å²) in [6, 6.07) is 10.6. The van der Waals surface area contributed by atoms with Crippen molar-refractivity contribution in [2.24, 2.45) is 22.6 Å². The van der Waals surface area contributed by atoms with Crippen LogP contribution in [0.3, 0.4) is 0 Å². The van der Waals surface area contributed by atoms with Crippen molar-refractivity contribution < 1.29 is 39.1 Å². The summed E-state index contributed by atoms with van der Waals surface area (Å²) in [5.41, 5.74) is 7.55. The van der Waals surface area contributed by atoms with Gasteiger partial charge in [0, 0.05) is 43.6 Å². The highest BCUT2D eigenvalue weighted by Gasteiger charge is 2.30. The molecule has 248 valence electrons. The van der Waals surface area contributed by atoms with Crippen LogP contribution in [-0.2, 0) is 25.4 Å². The lowest BCUT2D eigenvalue weighted by molar-refractivity contribution is -0.112. The van der Waals surface area contributed by atoms with Gasteiger partial charge in [-0.15, -0.1) is 0 Å². The van der Waals surface area contributed by atoms with Crippen LogP contribution in [-0.4, -0.2) is 72.2 Å². The second-order valence-electron chi connectivity index (χ2n) is 11.6. The Morgan fingerprint density at radius 3 is 2.43 bits per heavy atom. The molecule has 0 aromatic heterocycles. The van der Waals surface area contributed by atoms with Crippen molar-refractivity contribution in [3.8, 4) is 11.5 Å². The topological polar surface area (TPSA) is 173 Å². The van der Waals surface area contributed by atoms with E-state index < -0.39 is 42.3 Å². The van der Waals surface area contributed by atoms with E-state index in [2.05, 4.69) is 10.3 Å². The number of carbonyl (C=O) groups is 2. The zero-order chi connectivity index (χ0) is 34.0. The first-order chi connectivity index (χ1) is 21.9. The van der Waals surface area contributed by atoms with E-state index in [0.717, 1.165) is 5.56 Å². The highest BCUT2D eigenvalue weighted by atomic mass is 16.6. The lowest BCUT2D eigenvalue weighted by Crippen LogP contribution is -2.37. The summed E-state index contributed by atoms with van der Waals surface area (Å²) in [7, 11) is 2.95. The van der Waals surface area contributed by atoms with Crippen LogP contribution in [0.1, 0.15) is 45.2 Å². The molecule has 0 saturated heterocycles. The van der Waals surface area contributed by atoms with E-state index in [0.29, 0.717) is 17.6 Å². The number of aliphatic hydroxyl groups excluding tert-OH is 1. The average Bonchev–Trinajstić information content (AvgIpc) is 3.02. The van der Waals surface area contributed by atoms with Crippen LogP contribution in [0.2, 0.25) is 0 Å². The van der Waals surface area contributed by atoms with Gasteiger partial charge in [0.25, 0.3) is 5.91 Å². The molecule has 3 rings (SSSR count). The maximum absolute atomic E-state index is 13.1. The molecule has 0 fully saturated rings. The molecule has 0 saturated carbocycles. The molecule has 2 aromatic rings. The highest BCUT2D eigenvalue weighted by Crippen LogP contribution is 2.44. The molecule has 6 N–H and O–H groups in total. The number of hydrogen-bond acceptors (Lipinski definition) is 9. The minimum Gasteiger partial charge on any atom is -0.506 e. The van der Waals surface area contributed by atoms with Gasteiger partial charge in [-0.25, -0.2) is 4.79 Å². The zero-order valence-corrected chi connectivity index (χ0v) is 27.1. The molecule has 6 atom stereocenters. The second-order valence-corrected chi connectivity index (χ2v) is 11.6. The number of aliphatic hydroxyl groups is 1. The number of rotatable bonds is 5. The third-order valence-corrected chi connectivity index (χ3v) is 7.94. The lowest BCUT2D eigenvalue weighted by Gasteiger charge is -2.29. The summed E-state index contributed by atoms with van der Waals surface area (Å²) in [6.07, 6.45) is 4.45. The molecular formula is C35H45N3O8. The predicted octanol–water partition coefficient (Wildman–Crippen LogP) is 5.31. The van der Waals surface area contributed by atoms with E-state index in [4.69, 9.17) is 19.9 Å².